The lowest BCUT2D eigenvalue weighted by atomic mass is 10.2. The van der Waals surface area contributed by atoms with Gasteiger partial charge in [0.1, 0.15) is 6.61 Å². The van der Waals surface area contributed by atoms with Crippen LogP contribution in [0.3, 0.4) is 0 Å². The number of furan rings is 1. The van der Waals surface area contributed by atoms with Gasteiger partial charge >= 0.3 is 0 Å². The van der Waals surface area contributed by atoms with Crippen LogP contribution in [0.2, 0.25) is 5.22 Å². The van der Waals surface area contributed by atoms with Crippen LogP contribution in [-0.4, -0.2) is 31.3 Å². The summed E-state index contributed by atoms with van der Waals surface area (Å²) in [5, 5.41) is 11.5. The van der Waals surface area contributed by atoms with E-state index in [2.05, 4.69) is 5.32 Å². The van der Waals surface area contributed by atoms with Gasteiger partial charge in [-0.15, -0.1) is 0 Å². The number of aliphatic hydroxyl groups excluding tert-OH is 1. The molecule has 0 saturated heterocycles. The number of benzene rings is 1. The number of rotatable bonds is 6. The molecular weight excluding hydrogens is 298 g/mol. The lowest BCUT2D eigenvalue weighted by molar-refractivity contribution is 0.102. The summed E-state index contributed by atoms with van der Waals surface area (Å²) in [6.07, 6.45) is 1.33. The summed E-state index contributed by atoms with van der Waals surface area (Å²) in [7, 11) is 1.50. The molecule has 2 rings (SSSR count). The largest absolute Gasteiger partial charge is 0.493 e. The van der Waals surface area contributed by atoms with Gasteiger partial charge in [0, 0.05) is 11.8 Å². The zero-order chi connectivity index (χ0) is 15.2. The zero-order valence-corrected chi connectivity index (χ0v) is 12.0. The first-order chi connectivity index (χ1) is 10.2. The SMILES string of the molecule is COc1ccc(NC(=O)c2ccoc2Cl)cc1OCCO. The Kier molecular flexibility index (Phi) is 5.08. The molecule has 2 aromatic rings. The van der Waals surface area contributed by atoms with Crippen LogP contribution in [-0.2, 0) is 0 Å². The van der Waals surface area contributed by atoms with Crippen LogP contribution < -0.4 is 14.8 Å². The second kappa shape index (κ2) is 7.01. The van der Waals surface area contributed by atoms with E-state index in [1.165, 1.54) is 19.4 Å². The molecule has 1 aromatic carbocycles. The van der Waals surface area contributed by atoms with Gasteiger partial charge in [-0.25, -0.2) is 0 Å². The first kappa shape index (κ1) is 15.2. The maximum atomic E-state index is 12.0. The lowest BCUT2D eigenvalue weighted by Gasteiger charge is -2.12. The molecule has 21 heavy (non-hydrogen) atoms. The van der Waals surface area contributed by atoms with Gasteiger partial charge in [-0.05, 0) is 29.8 Å². The summed E-state index contributed by atoms with van der Waals surface area (Å²) in [6, 6.07) is 6.39. The molecule has 0 spiro atoms. The number of hydrogen-bond donors (Lipinski definition) is 2. The molecule has 7 heteroatoms. The molecule has 1 amide bonds. The highest BCUT2D eigenvalue weighted by Gasteiger charge is 2.14. The van der Waals surface area contributed by atoms with Crippen LogP contribution in [0.25, 0.3) is 0 Å². The number of hydrogen-bond acceptors (Lipinski definition) is 5. The van der Waals surface area contributed by atoms with E-state index in [4.69, 9.17) is 30.6 Å². The van der Waals surface area contributed by atoms with E-state index < -0.39 is 5.91 Å². The van der Waals surface area contributed by atoms with Gasteiger partial charge in [0.15, 0.2) is 11.5 Å². The summed E-state index contributed by atoms with van der Waals surface area (Å²) < 4.78 is 15.4. The summed E-state index contributed by atoms with van der Waals surface area (Å²) in [5.74, 6) is 0.525. The van der Waals surface area contributed by atoms with Crippen molar-refractivity contribution in [2.75, 3.05) is 25.6 Å². The van der Waals surface area contributed by atoms with E-state index in [1.54, 1.807) is 18.2 Å². The second-order valence-corrected chi connectivity index (χ2v) is 4.34. The normalized spacial score (nSPS) is 10.2. The average Bonchev–Trinajstić information content (AvgIpc) is 2.91. The van der Waals surface area contributed by atoms with Crippen molar-refractivity contribution in [1.82, 2.24) is 0 Å². The van der Waals surface area contributed by atoms with Crippen LogP contribution in [0.4, 0.5) is 5.69 Å². The number of aliphatic hydroxyl groups is 1. The third kappa shape index (κ3) is 3.68. The zero-order valence-electron chi connectivity index (χ0n) is 11.3. The first-order valence-electron chi connectivity index (χ1n) is 6.11. The third-order valence-electron chi connectivity index (χ3n) is 2.63. The molecule has 1 aromatic heterocycles. The fraction of sp³-hybridized carbons (Fsp3) is 0.214. The van der Waals surface area contributed by atoms with E-state index in [-0.39, 0.29) is 24.0 Å². The Balaban J connectivity index is 2.16. The molecule has 0 saturated carbocycles. The van der Waals surface area contributed by atoms with Crippen LogP contribution in [0.1, 0.15) is 10.4 Å². The standard InChI is InChI=1S/C14H14ClNO5/c1-19-11-3-2-9(8-12(11)20-7-5-17)16-14(18)10-4-6-21-13(10)15/h2-4,6,8,17H,5,7H2,1H3,(H,16,18). The summed E-state index contributed by atoms with van der Waals surface area (Å²) in [6.45, 7) is 0.00564. The molecule has 6 nitrogen and oxygen atoms in total. The van der Waals surface area contributed by atoms with Crippen LogP contribution in [0.15, 0.2) is 34.9 Å². The van der Waals surface area contributed by atoms with Gasteiger partial charge in [0.05, 0.1) is 25.5 Å². The minimum atomic E-state index is -0.396. The Morgan fingerprint density at radius 1 is 1.38 bits per heavy atom. The number of halogens is 1. The third-order valence-corrected chi connectivity index (χ3v) is 2.93. The van der Waals surface area contributed by atoms with Gasteiger partial charge in [-0.3, -0.25) is 4.79 Å². The quantitative estimate of drug-likeness (QED) is 0.857. The van der Waals surface area contributed by atoms with Crippen molar-refractivity contribution in [2.24, 2.45) is 0 Å². The minimum Gasteiger partial charge on any atom is -0.493 e. The van der Waals surface area contributed by atoms with Gasteiger partial charge in [0.25, 0.3) is 5.91 Å². The smallest absolute Gasteiger partial charge is 0.260 e. The van der Waals surface area contributed by atoms with Gasteiger partial charge in [0.2, 0.25) is 5.22 Å². The van der Waals surface area contributed by atoms with Crippen molar-refractivity contribution in [3.05, 3.63) is 41.3 Å². The molecule has 0 aliphatic heterocycles. The molecule has 0 aliphatic rings. The number of carbonyl (C=O) groups excluding carboxylic acids is 1. The highest BCUT2D eigenvalue weighted by molar-refractivity contribution is 6.32. The van der Waals surface area contributed by atoms with E-state index in [9.17, 15) is 4.79 Å². The van der Waals surface area contributed by atoms with Crippen LogP contribution in [0.5, 0.6) is 11.5 Å². The van der Waals surface area contributed by atoms with Crippen molar-refractivity contribution >= 4 is 23.2 Å². The highest BCUT2D eigenvalue weighted by atomic mass is 35.5. The number of nitrogens with one attached hydrogen (secondary N) is 1. The molecule has 0 unspecified atom stereocenters. The second-order valence-electron chi connectivity index (χ2n) is 4.00. The fourth-order valence-electron chi connectivity index (χ4n) is 1.68. The van der Waals surface area contributed by atoms with E-state index in [0.29, 0.717) is 17.2 Å². The average molecular weight is 312 g/mol. The Labute approximate surface area is 126 Å². The Morgan fingerprint density at radius 3 is 2.81 bits per heavy atom. The molecule has 0 atom stereocenters. The van der Waals surface area contributed by atoms with Crippen molar-refractivity contribution in [3.8, 4) is 11.5 Å². The Morgan fingerprint density at radius 2 is 2.19 bits per heavy atom. The topological polar surface area (TPSA) is 80.9 Å². The van der Waals surface area contributed by atoms with Crippen molar-refractivity contribution in [1.29, 1.82) is 0 Å². The molecule has 0 aliphatic carbocycles. The van der Waals surface area contributed by atoms with Crippen molar-refractivity contribution in [2.45, 2.75) is 0 Å². The van der Waals surface area contributed by atoms with Gasteiger partial charge in [-0.1, -0.05) is 0 Å². The van der Waals surface area contributed by atoms with E-state index >= 15 is 0 Å². The first-order valence-corrected chi connectivity index (χ1v) is 6.49. The molecule has 0 radical (unpaired) electrons. The number of methoxy groups -OCH3 is 1. The number of ether oxygens (including phenoxy) is 2. The number of anilines is 1. The minimum absolute atomic E-state index is 0.0257. The number of amides is 1. The predicted molar refractivity (Wildman–Crippen MR) is 77.2 cm³/mol. The lowest BCUT2D eigenvalue weighted by Crippen LogP contribution is -2.12. The monoisotopic (exact) mass is 311 g/mol. The fourth-order valence-corrected chi connectivity index (χ4v) is 1.88. The number of carbonyl (C=O) groups is 1. The van der Waals surface area contributed by atoms with Gasteiger partial charge < -0.3 is 24.3 Å². The van der Waals surface area contributed by atoms with Crippen LogP contribution >= 0.6 is 11.6 Å². The molecular formula is C14H14ClNO5. The predicted octanol–water partition coefficient (Wildman–Crippen LogP) is 2.57. The molecule has 0 fully saturated rings. The molecule has 0 bridgehead atoms. The van der Waals surface area contributed by atoms with Crippen molar-refractivity contribution < 1.29 is 23.8 Å². The molecule has 2 N–H and O–H groups in total. The van der Waals surface area contributed by atoms with Crippen LogP contribution in [0, 0.1) is 0 Å². The summed E-state index contributed by atoms with van der Waals surface area (Å²) >= 11 is 5.75. The maximum absolute atomic E-state index is 12.0. The highest BCUT2D eigenvalue weighted by Crippen LogP contribution is 2.30. The van der Waals surface area contributed by atoms with Crippen molar-refractivity contribution in [3.63, 3.8) is 0 Å². The maximum Gasteiger partial charge on any atom is 0.260 e. The van der Waals surface area contributed by atoms with E-state index in [0.717, 1.165) is 0 Å². The Bertz CT molecular complexity index is 626. The van der Waals surface area contributed by atoms with Gasteiger partial charge in [-0.2, -0.15) is 0 Å². The molecule has 112 valence electrons. The summed E-state index contributed by atoms with van der Waals surface area (Å²) in [5.41, 5.74) is 0.747. The summed E-state index contributed by atoms with van der Waals surface area (Å²) in [4.78, 5) is 12.0. The molecule has 1 heterocycles. The Hall–Kier alpha value is -2.18. The van der Waals surface area contributed by atoms with E-state index in [1.807, 2.05) is 0 Å².